The first-order valence-corrected chi connectivity index (χ1v) is 6.93. The van der Waals surface area contributed by atoms with E-state index in [-0.39, 0.29) is 18.4 Å². The Labute approximate surface area is 104 Å². The second-order valence-electron chi connectivity index (χ2n) is 5.40. The summed E-state index contributed by atoms with van der Waals surface area (Å²) in [6.07, 6.45) is -0.517. The lowest BCUT2D eigenvalue weighted by Gasteiger charge is -2.29. The van der Waals surface area contributed by atoms with E-state index in [1.54, 1.807) is 0 Å². The quantitative estimate of drug-likeness (QED) is 0.608. The van der Waals surface area contributed by atoms with Gasteiger partial charge in [0.1, 0.15) is 0 Å². The molecular weight excluding hydrogens is 244 g/mol. The van der Waals surface area contributed by atoms with Crippen molar-refractivity contribution in [3.8, 4) is 0 Å². The van der Waals surface area contributed by atoms with Crippen molar-refractivity contribution in [2.75, 3.05) is 20.7 Å². The minimum Gasteiger partial charge on any atom is -0.395 e. The predicted molar refractivity (Wildman–Crippen MR) is 66.7 cm³/mol. The predicted octanol–water partition coefficient (Wildman–Crippen LogP) is -0.460. The minimum absolute atomic E-state index is 0.174. The summed E-state index contributed by atoms with van der Waals surface area (Å²) in [7, 11) is -0.789. The highest BCUT2D eigenvalue weighted by molar-refractivity contribution is 7.87. The second kappa shape index (κ2) is 6.10. The van der Waals surface area contributed by atoms with Crippen LogP contribution < -0.4 is 4.72 Å². The third-order valence-corrected chi connectivity index (χ3v) is 4.12. The van der Waals surface area contributed by atoms with Gasteiger partial charge < -0.3 is 10.2 Å². The van der Waals surface area contributed by atoms with Crippen LogP contribution in [0.2, 0.25) is 0 Å². The normalized spacial score (nSPS) is 17.2. The first kappa shape index (κ1) is 16.8. The highest BCUT2D eigenvalue weighted by atomic mass is 32.2. The van der Waals surface area contributed by atoms with Crippen LogP contribution in [0.15, 0.2) is 0 Å². The molecule has 0 aromatic rings. The van der Waals surface area contributed by atoms with Crippen LogP contribution in [-0.4, -0.2) is 55.8 Å². The van der Waals surface area contributed by atoms with Crippen molar-refractivity contribution in [3.63, 3.8) is 0 Å². The maximum atomic E-state index is 11.6. The standard InChI is InChI=1S/C10H24N2O4S/c1-10(2,3)9(14)6-8(7-13)11-17(15,16)12(4)5/h8-9,11,13-14H,6-7H2,1-5H3. The van der Waals surface area contributed by atoms with Crippen molar-refractivity contribution in [3.05, 3.63) is 0 Å². The number of hydrogen-bond acceptors (Lipinski definition) is 4. The molecule has 0 aromatic heterocycles. The fourth-order valence-electron chi connectivity index (χ4n) is 1.10. The van der Waals surface area contributed by atoms with Gasteiger partial charge in [-0.05, 0) is 11.8 Å². The van der Waals surface area contributed by atoms with E-state index in [2.05, 4.69) is 4.72 Å². The van der Waals surface area contributed by atoms with E-state index in [0.29, 0.717) is 0 Å². The highest BCUT2D eigenvalue weighted by Gasteiger charge is 2.27. The average molecular weight is 268 g/mol. The molecule has 2 unspecified atom stereocenters. The van der Waals surface area contributed by atoms with E-state index in [4.69, 9.17) is 5.11 Å². The summed E-state index contributed by atoms with van der Waals surface area (Å²) >= 11 is 0. The van der Waals surface area contributed by atoms with Crippen molar-refractivity contribution in [2.45, 2.75) is 39.3 Å². The van der Waals surface area contributed by atoms with E-state index < -0.39 is 22.4 Å². The minimum atomic E-state index is -3.59. The molecule has 17 heavy (non-hydrogen) atoms. The van der Waals surface area contributed by atoms with Gasteiger partial charge in [0.05, 0.1) is 12.7 Å². The molecule has 0 radical (unpaired) electrons. The maximum absolute atomic E-state index is 11.6. The number of aliphatic hydroxyl groups is 2. The molecule has 104 valence electrons. The molecule has 0 saturated heterocycles. The maximum Gasteiger partial charge on any atom is 0.279 e. The van der Waals surface area contributed by atoms with Crippen LogP contribution in [0.3, 0.4) is 0 Å². The van der Waals surface area contributed by atoms with Gasteiger partial charge in [-0.1, -0.05) is 20.8 Å². The summed E-state index contributed by atoms with van der Waals surface area (Å²) in [6, 6.07) is -0.684. The molecule has 0 aliphatic heterocycles. The molecule has 0 rings (SSSR count). The lowest BCUT2D eigenvalue weighted by molar-refractivity contribution is 0.0419. The number of nitrogens with one attached hydrogen (secondary N) is 1. The molecule has 0 spiro atoms. The van der Waals surface area contributed by atoms with Crippen molar-refractivity contribution in [1.29, 1.82) is 0 Å². The van der Waals surface area contributed by atoms with Crippen LogP contribution >= 0.6 is 0 Å². The van der Waals surface area contributed by atoms with Crippen LogP contribution in [0.4, 0.5) is 0 Å². The van der Waals surface area contributed by atoms with Gasteiger partial charge in [0.2, 0.25) is 0 Å². The highest BCUT2D eigenvalue weighted by Crippen LogP contribution is 2.22. The van der Waals surface area contributed by atoms with Crippen LogP contribution in [0.25, 0.3) is 0 Å². The molecule has 0 aromatic carbocycles. The van der Waals surface area contributed by atoms with Crippen molar-refractivity contribution < 1.29 is 18.6 Å². The largest absolute Gasteiger partial charge is 0.395 e. The summed E-state index contributed by atoms with van der Waals surface area (Å²) in [4.78, 5) is 0. The SMILES string of the molecule is CN(C)S(=O)(=O)NC(CO)CC(O)C(C)(C)C. The summed E-state index contributed by atoms with van der Waals surface area (Å²) in [5.74, 6) is 0. The fraction of sp³-hybridized carbons (Fsp3) is 1.00. The summed E-state index contributed by atoms with van der Waals surface area (Å²) in [6.45, 7) is 5.21. The Balaban J connectivity index is 4.57. The second-order valence-corrected chi connectivity index (χ2v) is 7.32. The molecule has 0 amide bonds. The van der Waals surface area contributed by atoms with E-state index in [1.807, 2.05) is 20.8 Å². The van der Waals surface area contributed by atoms with E-state index >= 15 is 0 Å². The Hall–Kier alpha value is -0.210. The summed E-state index contributed by atoms with van der Waals surface area (Å²) < 4.78 is 26.5. The zero-order valence-electron chi connectivity index (χ0n) is 11.1. The molecule has 0 saturated carbocycles. The molecule has 0 heterocycles. The van der Waals surface area contributed by atoms with Crippen LogP contribution in [-0.2, 0) is 10.2 Å². The van der Waals surface area contributed by atoms with Gasteiger partial charge in [-0.25, -0.2) is 0 Å². The Morgan fingerprint density at radius 1 is 1.29 bits per heavy atom. The Bertz CT molecular complexity index is 322. The molecule has 7 heteroatoms. The van der Waals surface area contributed by atoms with Crippen LogP contribution in [0.5, 0.6) is 0 Å². The molecule has 0 bridgehead atoms. The monoisotopic (exact) mass is 268 g/mol. The van der Waals surface area contributed by atoms with Gasteiger partial charge in [-0.2, -0.15) is 17.4 Å². The number of rotatable bonds is 6. The molecule has 2 atom stereocenters. The van der Waals surface area contributed by atoms with Gasteiger partial charge in [-0.15, -0.1) is 0 Å². The number of nitrogens with zero attached hydrogens (tertiary/aromatic N) is 1. The Morgan fingerprint density at radius 2 is 1.76 bits per heavy atom. The summed E-state index contributed by atoms with van der Waals surface area (Å²) in [5, 5.41) is 19.0. The molecule has 3 N–H and O–H groups in total. The molecular formula is C10H24N2O4S. The first-order valence-electron chi connectivity index (χ1n) is 5.49. The van der Waals surface area contributed by atoms with Gasteiger partial charge in [0.15, 0.2) is 0 Å². The Kier molecular flexibility index (Phi) is 6.03. The zero-order chi connectivity index (χ0) is 13.9. The third kappa shape index (κ3) is 5.78. The van der Waals surface area contributed by atoms with Gasteiger partial charge in [0, 0.05) is 20.1 Å². The van der Waals surface area contributed by atoms with E-state index in [0.717, 1.165) is 4.31 Å². The lowest BCUT2D eigenvalue weighted by Crippen LogP contribution is -2.46. The number of aliphatic hydroxyl groups excluding tert-OH is 2. The van der Waals surface area contributed by atoms with Crippen molar-refractivity contribution >= 4 is 10.2 Å². The zero-order valence-corrected chi connectivity index (χ0v) is 12.0. The fourth-order valence-corrected chi connectivity index (χ4v) is 1.90. The third-order valence-electron chi connectivity index (χ3n) is 2.52. The summed E-state index contributed by atoms with van der Waals surface area (Å²) in [5.41, 5.74) is -0.350. The first-order chi connectivity index (χ1) is 7.50. The molecule has 0 aliphatic rings. The van der Waals surface area contributed by atoms with Gasteiger partial charge >= 0.3 is 0 Å². The molecule has 0 aliphatic carbocycles. The molecule has 0 fully saturated rings. The number of hydrogen-bond donors (Lipinski definition) is 3. The lowest BCUT2D eigenvalue weighted by atomic mass is 9.86. The smallest absolute Gasteiger partial charge is 0.279 e. The van der Waals surface area contributed by atoms with Crippen LogP contribution in [0.1, 0.15) is 27.2 Å². The topological polar surface area (TPSA) is 89.9 Å². The van der Waals surface area contributed by atoms with Gasteiger partial charge in [-0.3, -0.25) is 0 Å². The average Bonchev–Trinajstić information content (AvgIpc) is 2.14. The van der Waals surface area contributed by atoms with Crippen molar-refractivity contribution in [1.82, 2.24) is 9.03 Å². The van der Waals surface area contributed by atoms with E-state index in [1.165, 1.54) is 14.1 Å². The van der Waals surface area contributed by atoms with Crippen LogP contribution in [0, 0.1) is 5.41 Å². The van der Waals surface area contributed by atoms with Crippen molar-refractivity contribution in [2.24, 2.45) is 5.41 Å². The van der Waals surface area contributed by atoms with E-state index in [9.17, 15) is 13.5 Å². The Morgan fingerprint density at radius 3 is 2.06 bits per heavy atom. The van der Waals surface area contributed by atoms with Gasteiger partial charge in [0.25, 0.3) is 10.2 Å². The molecule has 6 nitrogen and oxygen atoms in total.